The molecule has 1 unspecified atom stereocenters. The van der Waals surface area contributed by atoms with Crippen LogP contribution in [0.3, 0.4) is 0 Å². The van der Waals surface area contributed by atoms with Crippen molar-refractivity contribution in [2.75, 3.05) is 24.2 Å². The molecule has 0 bridgehead atoms. The number of hydrogen-bond acceptors (Lipinski definition) is 4. The predicted octanol–water partition coefficient (Wildman–Crippen LogP) is 4.11. The van der Waals surface area contributed by atoms with Crippen molar-refractivity contribution in [2.24, 2.45) is 0 Å². The Labute approximate surface area is 224 Å². The lowest BCUT2D eigenvalue weighted by atomic mass is 10.0. The molecule has 0 radical (unpaired) electrons. The van der Waals surface area contributed by atoms with Gasteiger partial charge in [-0.25, -0.2) is 8.42 Å². The molecule has 0 fully saturated rings. The van der Waals surface area contributed by atoms with Gasteiger partial charge in [-0.3, -0.25) is 13.9 Å². The molecular formula is C28H32ClN3O4S. The van der Waals surface area contributed by atoms with Gasteiger partial charge in [-0.2, -0.15) is 0 Å². The van der Waals surface area contributed by atoms with E-state index in [0.29, 0.717) is 16.3 Å². The van der Waals surface area contributed by atoms with Crippen molar-refractivity contribution in [3.05, 3.63) is 100 Å². The average Bonchev–Trinajstić information content (AvgIpc) is 2.85. The maximum Gasteiger partial charge on any atom is 0.244 e. The first-order valence-corrected chi connectivity index (χ1v) is 14.1. The molecule has 9 heteroatoms. The minimum Gasteiger partial charge on any atom is -0.357 e. The van der Waals surface area contributed by atoms with E-state index in [1.54, 1.807) is 43.3 Å². The zero-order valence-corrected chi connectivity index (χ0v) is 23.0. The lowest BCUT2D eigenvalue weighted by Gasteiger charge is -2.33. The van der Waals surface area contributed by atoms with Crippen molar-refractivity contribution in [2.45, 2.75) is 32.9 Å². The largest absolute Gasteiger partial charge is 0.357 e. The number of halogens is 1. The van der Waals surface area contributed by atoms with Gasteiger partial charge in [0.15, 0.2) is 0 Å². The van der Waals surface area contributed by atoms with E-state index in [1.165, 1.54) is 11.9 Å². The standard InChI is InChI=1S/C28H32ClN3O4S/c1-20-14-15-25(21(2)16-20)32(37(4,35)36)19-27(33)31(18-23-12-8-9-13-24(23)29)26(28(34)30-3)17-22-10-6-5-7-11-22/h5-16,26H,17-19H2,1-4H3,(H,30,34). The van der Waals surface area contributed by atoms with Crippen molar-refractivity contribution < 1.29 is 18.0 Å². The third-order valence-electron chi connectivity index (χ3n) is 6.12. The molecule has 196 valence electrons. The molecule has 0 saturated heterocycles. The van der Waals surface area contributed by atoms with Gasteiger partial charge >= 0.3 is 0 Å². The molecule has 3 aromatic rings. The summed E-state index contributed by atoms with van der Waals surface area (Å²) in [7, 11) is -2.30. The van der Waals surface area contributed by atoms with Gasteiger partial charge in [0.25, 0.3) is 0 Å². The highest BCUT2D eigenvalue weighted by atomic mass is 35.5. The Morgan fingerprint density at radius 2 is 1.62 bits per heavy atom. The first-order chi connectivity index (χ1) is 17.5. The lowest BCUT2D eigenvalue weighted by Crippen LogP contribution is -2.53. The van der Waals surface area contributed by atoms with E-state index >= 15 is 0 Å². The van der Waals surface area contributed by atoms with Crippen molar-refractivity contribution >= 4 is 39.1 Å². The summed E-state index contributed by atoms with van der Waals surface area (Å²) in [5.41, 5.74) is 3.63. The minimum absolute atomic E-state index is 0.0356. The molecule has 0 aliphatic carbocycles. The van der Waals surface area contributed by atoms with Crippen molar-refractivity contribution in [3.8, 4) is 0 Å². The Kier molecular flexibility index (Phi) is 9.34. The molecule has 1 atom stereocenters. The topological polar surface area (TPSA) is 86.8 Å². The molecule has 0 spiro atoms. The second-order valence-corrected chi connectivity index (χ2v) is 11.3. The highest BCUT2D eigenvalue weighted by molar-refractivity contribution is 7.92. The third kappa shape index (κ3) is 7.33. The van der Waals surface area contributed by atoms with Gasteiger partial charge in [0, 0.05) is 25.0 Å². The van der Waals surface area contributed by atoms with Gasteiger partial charge in [-0.15, -0.1) is 0 Å². The molecule has 1 N–H and O–H groups in total. The molecule has 37 heavy (non-hydrogen) atoms. The minimum atomic E-state index is -3.81. The summed E-state index contributed by atoms with van der Waals surface area (Å²) in [6, 6.07) is 20.9. The summed E-state index contributed by atoms with van der Waals surface area (Å²) >= 11 is 6.42. The number of nitrogens with one attached hydrogen (secondary N) is 1. The maximum absolute atomic E-state index is 13.9. The second kappa shape index (κ2) is 12.3. The number of carbonyl (C=O) groups is 2. The van der Waals surface area contributed by atoms with Crippen LogP contribution < -0.4 is 9.62 Å². The number of amides is 2. The summed E-state index contributed by atoms with van der Waals surface area (Å²) in [5.74, 6) is -0.878. The highest BCUT2D eigenvalue weighted by Gasteiger charge is 2.33. The summed E-state index contributed by atoms with van der Waals surface area (Å²) in [4.78, 5) is 28.4. The van der Waals surface area contributed by atoms with Crippen molar-refractivity contribution in [1.82, 2.24) is 10.2 Å². The number of carbonyl (C=O) groups excluding carboxylic acids is 2. The Hall–Kier alpha value is -3.36. The number of nitrogens with zero attached hydrogens (tertiary/aromatic N) is 2. The van der Waals surface area contributed by atoms with Gasteiger partial charge in [0.2, 0.25) is 21.8 Å². The van der Waals surface area contributed by atoms with Gasteiger partial charge in [0.05, 0.1) is 11.9 Å². The smallest absolute Gasteiger partial charge is 0.244 e. The molecule has 3 rings (SSSR count). The summed E-state index contributed by atoms with van der Waals surface area (Å²) < 4.78 is 26.8. The molecular weight excluding hydrogens is 510 g/mol. The van der Waals surface area contributed by atoms with Gasteiger partial charge in [0.1, 0.15) is 12.6 Å². The van der Waals surface area contributed by atoms with Crippen LogP contribution in [0.25, 0.3) is 0 Å². The number of sulfonamides is 1. The van der Waals surface area contributed by atoms with Crippen LogP contribution in [0.15, 0.2) is 72.8 Å². The van der Waals surface area contributed by atoms with Gasteiger partial charge in [-0.05, 0) is 42.7 Å². The van der Waals surface area contributed by atoms with Crippen LogP contribution in [0, 0.1) is 13.8 Å². The lowest BCUT2D eigenvalue weighted by molar-refractivity contribution is -0.139. The van der Waals surface area contributed by atoms with E-state index in [4.69, 9.17) is 11.6 Å². The highest BCUT2D eigenvalue weighted by Crippen LogP contribution is 2.25. The van der Waals surface area contributed by atoms with E-state index in [0.717, 1.165) is 27.3 Å². The Bertz CT molecular complexity index is 1360. The number of rotatable bonds is 10. The Balaban J connectivity index is 2.06. The summed E-state index contributed by atoms with van der Waals surface area (Å²) in [5, 5.41) is 3.10. The Morgan fingerprint density at radius 3 is 2.22 bits per heavy atom. The fourth-order valence-electron chi connectivity index (χ4n) is 4.21. The SMILES string of the molecule is CNC(=O)C(Cc1ccccc1)N(Cc1ccccc1Cl)C(=O)CN(c1ccc(C)cc1C)S(C)(=O)=O. The van der Waals surface area contributed by atoms with Crippen molar-refractivity contribution in [1.29, 1.82) is 0 Å². The van der Waals surface area contributed by atoms with Crippen LogP contribution in [0.2, 0.25) is 5.02 Å². The molecule has 0 aromatic heterocycles. The average molecular weight is 542 g/mol. The van der Waals surface area contributed by atoms with Crippen LogP contribution in [-0.2, 0) is 32.6 Å². The fourth-order valence-corrected chi connectivity index (χ4v) is 5.31. The zero-order valence-electron chi connectivity index (χ0n) is 21.4. The Morgan fingerprint density at radius 1 is 0.973 bits per heavy atom. The quantitative estimate of drug-likeness (QED) is 0.418. The van der Waals surface area contributed by atoms with Crippen LogP contribution >= 0.6 is 11.6 Å². The van der Waals surface area contributed by atoms with E-state index in [2.05, 4.69) is 5.32 Å². The molecule has 2 amide bonds. The van der Waals surface area contributed by atoms with Crippen LogP contribution in [0.1, 0.15) is 22.3 Å². The normalized spacial score (nSPS) is 12.0. The number of benzene rings is 3. The molecule has 0 aliphatic rings. The van der Waals surface area contributed by atoms with E-state index in [9.17, 15) is 18.0 Å². The van der Waals surface area contributed by atoms with E-state index in [1.807, 2.05) is 43.3 Å². The van der Waals surface area contributed by atoms with E-state index < -0.39 is 28.5 Å². The number of anilines is 1. The summed E-state index contributed by atoms with van der Waals surface area (Å²) in [6.45, 7) is 3.29. The number of hydrogen-bond donors (Lipinski definition) is 1. The second-order valence-electron chi connectivity index (χ2n) is 8.99. The monoisotopic (exact) mass is 541 g/mol. The maximum atomic E-state index is 13.9. The molecule has 3 aromatic carbocycles. The van der Waals surface area contributed by atoms with Crippen molar-refractivity contribution in [3.63, 3.8) is 0 Å². The number of likely N-dealkylation sites (N-methyl/N-ethyl adjacent to an activating group) is 1. The zero-order chi connectivity index (χ0) is 27.2. The van der Waals surface area contributed by atoms with E-state index in [-0.39, 0.29) is 18.9 Å². The molecule has 7 nitrogen and oxygen atoms in total. The predicted molar refractivity (Wildman–Crippen MR) is 148 cm³/mol. The fraction of sp³-hybridized carbons (Fsp3) is 0.286. The van der Waals surface area contributed by atoms with Crippen LogP contribution in [-0.4, -0.2) is 51.0 Å². The molecule has 0 aliphatic heterocycles. The first-order valence-electron chi connectivity index (χ1n) is 11.8. The van der Waals surface area contributed by atoms with Crippen LogP contribution in [0.5, 0.6) is 0 Å². The van der Waals surface area contributed by atoms with Crippen LogP contribution in [0.4, 0.5) is 5.69 Å². The molecule has 0 heterocycles. The third-order valence-corrected chi connectivity index (χ3v) is 7.61. The molecule has 0 saturated carbocycles. The van der Waals surface area contributed by atoms with Gasteiger partial charge in [-0.1, -0.05) is 77.8 Å². The first kappa shape index (κ1) is 28.2. The number of aryl methyl sites for hydroxylation is 2. The summed E-state index contributed by atoms with van der Waals surface area (Å²) in [6.07, 6.45) is 1.32. The van der Waals surface area contributed by atoms with Gasteiger partial charge < -0.3 is 10.2 Å².